The van der Waals surface area contributed by atoms with Crippen LogP contribution >= 0.6 is 12.2 Å². The smallest absolute Gasteiger partial charge is 0.234 e. The summed E-state index contributed by atoms with van der Waals surface area (Å²) in [4.78, 5) is 19.1. The lowest BCUT2D eigenvalue weighted by molar-refractivity contribution is -0.547. The van der Waals surface area contributed by atoms with Crippen molar-refractivity contribution in [2.24, 2.45) is 0 Å². The zero-order valence-electron chi connectivity index (χ0n) is 4.44. The molecular weight excluding hydrogens is 164 g/mol. The zero-order chi connectivity index (χ0) is 8.15. The van der Waals surface area contributed by atoms with E-state index in [1.165, 1.54) is 10.9 Å². The first-order valence-corrected chi connectivity index (χ1v) is 2.29. The number of thiocarbonyl (C=S) groups is 1. The summed E-state index contributed by atoms with van der Waals surface area (Å²) in [6, 6.07) is 0. The van der Waals surface area contributed by atoms with Crippen molar-refractivity contribution in [1.29, 1.82) is 0 Å². The van der Waals surface area contributed by atoms with E-state index >= 15 is 0 Å². The summed E-state index contributed by atoms with van der Waals surface area (Å²) < 4.78 is 0. The molecule has 56 valence electrons. The Kier molecular flexibility index (Phi) is 2.97. The van der Waals surface area contributed by atoms with Gasteiger partial charge in [0.25, 0.3) is 5.11 Å². The van der Waals surface area contributed by atoms with Crippen LogP contribution in [0.4, 0.5) is 0 Å². The Morgan fingerprint density at radius 2 is 1.50 bits per heavy atom. The second-order valence-corrected chi connectivity index (χ2v) is 1.48. The Balaban J connectivity index is 3.65. The van der Waals surface area contributed by atoms with Crippen LogP contribution in [0.5, 0.6) is 0 Å². The minimum absolute atomic E-state index is 0.657. The normalized spacial score (nSPS) is 8.00. The first-order chi connectivity index (χ1) is 4.52. The monoisotopic (exact) mass is 166 g/mol. The van der Waals surface area contributed by atoms with E-state index < -0.39 is 15.2 Å². The molecule has 0 aliphatic carbocycles. The van der Waals surface area contributed by atoms with Gasteiger partial charge in [-0.3, -0.25) is 0 Å². The zero-order valence-corrected chi connectivity index (χ0v) is 5.25. The van der Waals surface area contributed by atoms with Crippen molar-refractivity contribution in [3.8, 4) is 0 Å². The van der Waals surface area contributed by atoms with Crippen LogP contribution in [-0.2, 0) is 0 Å². The fourth-order valence-electron chi connectivity index (χ4n) is 0.191. The summed E-state index contributed by atoms with van der Waals surface area (Å²) in [5, 5.41) is 16.4. The van der Waals surface area contributed by atoms with Gasteiger partial charge >= 0.3 is 0 Å². The molecule has 0 aromatic rings. The highest BCUT2D eigenvalue weighted by molar-refractivity contribution is 7.80. The van der Waals surface area contributed by atoms with Crippen molar-refractivity contribution < 1.29 is 10.1 Å². The second kappa shape index (κ2) is 3.50. The maximum Gasteiger partial charge on any atom is 0.291 e. The second-order valence-electron chi connectivity index (χ2n) is 1.07. The summed E-state index contributed by atoms with van der Waals surface area (Å²) in [5.74, 6) is 0. The molecule has 2 N–H and O–H groups in total. The lowest BCUT2D eigenvalue weighted by Crippen LogP contribution is -2.41. The van der Waals surface area contributed by atoms with Gasteiger partial charge in [-0.25, -0.2) is 20.2 Å². The molecule has 0 saturated heterocycles. The van der Waals surface area contributed by atoms with E-state index in [2.05, 4.69) is 12.2 Å². The first kappa shape index (κ1) is 8.49. The van der Waals surface area contributed by atoms with Gasteiger partial charge in [0.05, 0.1) is 0 Å². The summed E-state index contributed by atoms with van der Waals surface area (Å²) in [7, 11) is 0. The van der Waals surface area contributed by atoms with Gasteiger partial charge in [-0.1, -0.05) is 10.9 Å². The van der Waals surface area contributed by atoms with Gasteiger partial charge in [0.15, 0.2) is 10.1 Å². The van der Waals surface area contributed by atoms with Crippen molar-refractivity contribution in [3.05, 3.63) is 20.2 Å². The molecule has 0 fully saturated rings. The van der Waals surface area contributed by atoms with Crippen LogP contribution in [0.25, 0.3) is 0 Å². The van der Waals surface area contributed by atoms with E-state index in [1.54, 1.807) is 0 Å². The van der Waals surface area contributed by atoms with Gasteiger partial charge in [0, 0.05) is 0 Å². The van der Waals surface area contributed by atoms with E-state index in [0.717, 1.165) is 0 Å². The molecule has 0 rings (SSSR count). The number of hydrogen-bond donors (Lipinski definition) is 2. The van der Waals surface area contributed by atoms with Gasteiger partial charge in [-0.05, 0) is 12.2 Å². The molecule has 10 heavy (non-hydrogen) atoms. The molecule has 0 saturated carbocycles. The van der Waals surface area contributed by atoms with Gasteiger partial charge in [-0.15, -0.1) is 0 Å². The molecule has 0 atom stereocenters. The first-order valence-electron chi connectivity index (χ1n) is 1.88. The molecule has 0 bridgehead atoms. The number of hydrogen-bond acceptors (Lipinski definition) is 5. The lowest BCUT2D eigenvalue weighted by atomic mass is 11.2. The van der Waals surface area contributed by atoms with E-state index in [4.69, 9.17) is 0 Å². The fourth-order valence-corrected chi connectivity index (χ4v) is 0.340. The predicted octanol–water partition coefficient (Wildman–Crippen LogP) is -1.17. The number of hydrazine groups is 2. The topological polar surface area (TPSA) is 110 Å². The van der Waals surface area contributed by atoms with Crippen LogP contribution in [0.15, 0.2) is 0 Å². The SMILES string of the molecule is O=[N+]([O-])NC(=S)N[N+](=O)[O-]. The summed E-state index contributed by atoms with van der Waals surface area (Å²) in [6.07, 6.45) is 0. The quantitative estimate of drug-likeness (QED) is 0.302. The highest BCUT2D eigenvalue weighted by Gasteiger charge is 2.06. The lowest BCUT2D eigenvalue weighted by Gasteiger charge is -1.93. The molecule has 0 spiro atoms. The average Bonchev–Trinajstić information content (AvgIpc) is 1.58. The van der Waals surface area contributed by atoms with Crippen LogP contribution in [0.2, 0.25) is 0 Å². The highest BCUT2D eigenvalue weighted by atomic mass is 32.1. The molecular formula is CH2N4O4S. The van der Waals surface area contributed by atoms with Gasteiger partial charge in [-0.2, -0.15) is 0 Å². The van der Waals surface area contributed by atoms with Crippen LogP contribution in [0.1, 0.15) is 0 Å². The van der Waals surface area contributed by atoms with Crippen molar-refractivity contribution in [2.75, 3.05) is 0 Å². The maximum absolute atomic E-state index is 9.54. The molecule has 0 aromatic heterocycles. The van der Waals surface area contributed by atoms with E-state index in [-0.39, 0.29) is 0 Å². The Bertz CT molecular complexity index is 160. The van der Waals surface area contributed by atoms with Crippen LogP contribution in [0.3, 0.4) is 0 Å². The van der Waals surface area contributed by atoms with Crippen molar-refractivity contribution in [3.63, 3.8) is 0 Å². The van der Waals surface area contributed by atoms with Crippen molar-refractivity contribution >= 4 is 17.3 Å². The molecule has 8 nitrogen and oxygen atoms in total. The Morgan fingerprint density at radius 1 is 1.20 bits per heavy atom. The van der Waals surface area contributed by atoms with Crippen molar-refractivity contribution in [1.82, 2.24) is 10.9 Å². The number of nitrogens with zero attached hydrogens (tertiary/aromatic N) is 2. The average molecular weight is 166 g/mol. The summed E-state index contributed by atoms with van der Waals surface area (Å²) in [6.45, 7) is 0. The Hall–Kier alpha value is -1.51. The third-order valence-electron chi connectivity index (χ3n) is 0.386. The summed E-state index contributed by atoms with van der Waals surface area (Å²) >= 11 is 4.10. The van der Waals surface area contributed by atoms with E-state index in [0.29, 0.717) is 0 Å². The Labute approximate surface area is 59.4 Å². The predicted molar refractivity (Wildman–Crippen MR) is 32.9 cm³/mol. The van der Waals surface area contributed by atoms with E-state index in [1.807, 2.05) is 0 Å². The molecule has 0 heterocycles. The number of nitro groups is 2. The summed E-state index contributed by atoms with van der Waals surface area (Å²) in [5.41, 5.74) is 2.75. The maximum atomic E-state index is 9.54. The van der Waals surface area contributed by atoms with E-state index in [9.17, 15) is 20.2 Å². The molecule has 0 aliphatic heterocycles. The van der Waals surface area contributed by atoms with Gasteiger partial charge in [0.1, 0.15) is 0 Å². The van der Waals surface area contributed by atoms with Crippen molar-refractivity contribution in [2.45, 2.75) is 0 Å². The third-order valence-corrected chi connectivity index (χ3v) is 0.568. The Morgan fingerprint density at radius 3 is 1.70 bits per heavy atom. The molecule has 0 amide bonds. The fraction of sp³-hybridized carbons (Fsp3) is 0. The molecule has 0 aliphatic rings. The molecule has 0 aromatic carbocycles. The van der Waals surface area contributed by atoms with Crippen LogP contribution in [-0.4, -0.2) is 15.2 Å². The van der Waals surface area contributed by atoms with Crippen LogP contribution < -0.4 is 10.9 Å². The van der Waals surface area contributed by atoms with Gasteiger partial charge < -0.3 is 0 Å². The number of rotatable bonds is 2. The molecule has 0 unspecified atom stereocenters. The van der Waals surface area contributed by atoms with Gasteiger partial charge in [0.2, 0.25) is 0 Å². The third kappa shape index (κ3) is 4.64. The largest absolute Gasteiger partial charge is 0.291 e. The minimum Gasteiger partial charge on any atom is -0.234 e. The molecule has 9 heteroatoms. The minimum atomic E-state index is -1.00. The van der Waals surface area contributed by atoms with Crippen LogP contribution in [0, 0.1) is 20.2 Å². The standard InChI is InChI=1S/CH2N4O4S/c6-4(7)2-1(10)3-5(8)9/h(H2,2,3,10). The number of nitrogens with one attached hydrogen (secondary N) is 2. The highest BCUT2D eigenvalue weighted by Crippen LogP contribution is 1.65. The molecule has 0 radical (unpaired) electrons.